The van der Waals surface area contributed by atoms with E-state index in [1.54, 1.807) is 36.4 Å². The van der Waals surface area contributed by atoms with Crippen LogP contribution in [0.5, 0.6) is 0 Å². The minimum atomic E-state index is -3.98. The fraction of sp³-hybridized carbons (Fsp3) is 0.143. The zero-order valence-corrected chi connectivity index (χ0v) is 18.5. The van der Waals surface area contributed by atoms with Gasteiger partial charge in [-0.3, -0.25) is 0 Å². The molecule has 3 heterocycles. The number of methoxy groups -OCH3 is 1. The van der Waals surface area contributed by atoms with Gasteiger partial charge >= 0.3 is 0 Å². The van der Waals surface area contributed by atoms with E-state index in [1.807, 2.05) is 6.92 Å². The van der Waals surface area contributed by atoms with E-state index in [-0.39, 0.29) is 17.1 Å². The monoisotopic (exact) mass is 489 g/mol. The third kappa shape index (κ3) is 3.53. The molecule has 0 saturated heterocycles. The number of aryl methyl sites for hydroxylation is 1. The van der Waals surface area contributed by atoms with Crippen LogP contribution >= 0.6 is 15.9 Å². The lowest BCUT2D eigenvalue weighted by molar-refractivity contribution is 0.181. The fourth-order valence-corrected chi connectivity index (χ4v) is 5.18. The number of rotatable bonds is 5. The molecule has 0 fully saturated rings. The molecule has 0 spiro atoms. The van der Waals surface area contributed by atoms with Gasteiger partial charge in [0, 0.05) is 40.5 Å². The second-order valence-corrected chi connectivity index (χ2v) is 9.43. The summed E-state index contributed by atoms with van der Waals surface area (Å²) in [6.07, 6.45) is 2.90. The Hall–Kier alpha value is -2.62. The van der Waals surface area contributed by atoms with Crippen LogP contribution in [0.25, 0.3) is 22.2 Å². The number of halogens is 2. The average Bonchev–Trinajstić information content (AvgIpc) is 3.03. The standard InChI is InChI=1S/C21H17BrFN3O3S/c1-13-3-6-16(7-4-13)30(27,28)26-18(12-29-2)20(14-5-8-19(23)24-10-14)17-9-15(22)11-25-21(17)26/h3-11H,12H2,1-2H3. The summed E-state index contributed by atoms with van der Waals surface area (Å²) in [5, 5.41) is 0.584. The number of benzene rings is 1. The Balaban J connectivity index is 2.10. The van der Waals surface area contributed by atoms with E-state index in [2.05, 4.69) is 25.9 Å². The molecule has 0 aliphatic rings. The van der Waals surface area contributed by atoms with Gasteiger partial charge in [0.15, 0.2) is 5.65 Å². The van der Waals surface area contributed by atoms with E-state index in [0.717, 1.165) is 5.56 Å². The van der Waals surface area contributed by atoms with Crippen LogP contribution in [-0.4, -0.2) is 29.5 Å². The summed E-state index contributed by atoms with van der Waals surface area (Å²) < 4.78 is 47.9. The van der Waals surface area contributed by atoms with Crippen molar-refractivity contribution in [2.45, 2.75) is 18.4 Å². The Morgan fingerprint density at radius 2 is 1.83 bits per heavy atom. The zero-order chi connectivity index (χ0) is 21.5. The molecule has 154 valence electrons. The van der Waals surface area contributed by atoms with Gasteiger partial charge in [0.05, 0.1) is 17.2 Å². The van der Waals surface area contributed by atoms with Crippen molar-refractivity contribution in [2.24, 2.45) is 0 Å². The molecule has 1 aromatic carbocycles. The first-order valence-corrected chi connectivity index (χ1v) is 11.2. The van der Waals surface area contributed by atoms with E-state index in [4.69, 9.17) is 4.74 Å². The molecule has 0 N–H and O–H groups in total. The second kappa shape index (κ2) is 7.90. The highest BCUT2D eigenvalue weighted by molar-refractivity contribution is 9.10. The summed E-state index contributed by atoms with van der Waals surface area (Å²) in [5.74, 6) is -0.623. The van der Waals surface area contributed by atoms with E-state index in [9.17, 15) is 12.8 Å². The van der Waals surface area contributed by atoms with E-state index in [0.29, 0.717) is 26.7 Å². The Bertz CT molecular complexity index is 1330. The Morgan fingerprint density at radius 1 is 1.10 bits per heavy atom. The van der Waals surface area contributed by atoms with E-state index < -0.39 is 16.0 Å². The van der Waals surface area contributed by atoms with Crippen LogP contribution in [0.1, 0.15) is 11.3 Å². The minimum Gasteiger partial charge on any atom is -0.378 e. The summed E-state index contributed by atoms with van der Waals surface area (Å²) in [5.41, 5.74) is 2.72. The molecule has 0 saturated carbocycles. The average molecular weight is 490 g/mol. The molecule has 9 heteroatoms. The summed E-state index contributed by atoms with van der Waals surface area (Å²) in [7, 11) is -2.50. The molecule has 3 aromatic heterocycles. The predicted octanol–water partition coefficient (Wildman–Crippen LogP) is 4.69. The highest BCUT2D eigenvalue weighted by Gasteiger charge is 2.28. The highest BCUT2D eigenvalue weighted by Crippen LogP contribution is 2.37. The highest BCUT2D eigenvalue weighted by atomic mass is 79.9. The van der Waals surface area contributed by atoms with Crippen LogP contribution in [-0.2, 0) is 21.4 Å². The fourth-order valence-electron chi connectivity index (χ4n) is 3.35. The summed E-state index contributed by atoms with van der Waals surface area (Å²) in [6, 6.07) is 11.2. The molecule has 4 aromatic rings. The Kier molecular flexibility index (Phi) is 5.44. The Morgan fingerprint density at radius 3 is 2.47 bits per heavy atom. The molecular weight excluding hydrogens is 473 g/mol. The van der Waals surface area contributed by atoms with Gasteiger partial charge in [-0.25, -0.2) is 22.4 Å². The van der Waals surface area contributed by atoms with Gasteiger partial charge in [-0.05, 0) is 53.2 Å². The lowest BCUT2D eigenvalue weighted by Gasteiger charge is -2.12. The molecule has 30 heavy (non-hydrogen) atoms. The van der Waals surface area contributed by atoms with Gasteiger partial charge < -0.3 is 4.74 Å². The number of hydrogen-bond donors (Lipinski definition) is 0. The van der Waals surface area contributed by atoms with E-state index >= 15 is 0 Å². The van der Waals surface area contributed by atoms with Crippen LogP contribution in [0.15, 0.2) is 64.2 Å². The zero-order valence-electron chi connectivity index (χ0n) is 16.1. The minimum absolute atomic E-state index is 0.00573. The smallest absolute Gasteiger partial charge is 0.269 e. The molecule has 0 aliphatic heterocycles. The molecular formula is C21H17BrFN3O3S. The summed E-state index contributed by atoms with van der Waals surface area (Å²) in [4.78, 5) is 8.25. The topological polar surface area (TPSA) is 74.1 Å². The van der Waals surface area contributed by atoms with Gasteiger partial charge in [-0.1, -0.05) is 17.7 Å². The van der Waals surface area contributed by atoms with Gasteiger partial charge in [-0.2, -0.15) is 4.39 Å². The maximum Gasteiger partial charge on any atom is 0.269 e. The van der Waals surface area contributed by atoms with Crippen molar-refractivity contribution in [2.75, 3.05) is 7.11 Å². The number of fused-ring (bicyclic) bond motifs is 1. The first-order chi connectivity index (χ1) is 14.3. The molecule has 4 rings (SSSR count). The normalized spacial score (nSPS) is 11.9. The number of ether oxygens (including phenoxy) is 1. The third-order valence-electron chi connectivity index (χ3n) is 4.69. The first kappa shape index (κ1) is 20.6. The third-order valence-corrected chi connectivity index (χ3v) is 6.86. The molecule has 0 aliphatic carbocycles. The van der Waals surface area contributed by atoms with Crippen molar-refractivity contribution < 1.29 is 17.5 Å². The quantitative estimate of drug-likeness (QED) is 0.380. The van der Waals surface area contributed by atoms with Crippen molar-refractivity contribution in [3.05, 3.63) is 76.5 Å². The second-order valence-electron chi connectivity index (χ2n) is 6.73. The maximum absolute atomic E-state index is 13.6. The Labute approximate surface area is 181 Å². The van der Waals surface area contributed by atoms with Crippen LogP contribution in [0.3, 0.4) is 0 Å². The predicted molar refractivity (Wildman–Crippen MR) is 115 cm³/mol. The van der Waals surface area contributed by atoms with Gasteiger partial charge in [0.25, 0.3) is 10.0 Å². The summed E-state index contributed by atoms with van der Waals surface area (Å²) >= 11 is 3.40. The lowest BCUT2D eigenvalue weighted by Crippen LogP contribution is -2.17. The number of pyridine rings is 2. The SMILES string of the molecule is COCc1c(-c2ccc(F)nc2)c2cc(Br)cnc2n1S(=O)(=O)c1ccc(C)cc1. The number of hydrogen-bond acceptors (Lipinski definition) is 5. The lowest BCUT2D eigenvalue weighted by atomic mass is 10.1. The molecule has 0 atom stereocenters. The van der Waals surface area contributed by atoms with Crippen LogP contribution in [0, 0.1) is 12.9 Å². The molecule has 0 unspecified atom stereocenters. The maximum atomic E-state index is 13.6. The van der Waals surface area contributed by atoms with Crippen LogP contribution in [0.2, 0.25) is 0 Å². The van der Waals surface area contributed by atoms with Crippen LogP contribution in [0.4, 0.5) is 4.39 Å². The van der Waals surface area contributed by atoms with Crippen molar-refractivity contribution in [3.8, 4) is 11.1 Å². The van der Waals surface area contributed by atoms with Crippen molar-refractivity contribution >= 4 is 37.0 Å². The van der Waals surface area contributed by atoms with Crippen molar-refractivity contribution in [1.82, 2.24) is 13.9 Å². The molecule has 0 bridgehead atoms. The summed E-state index contributed by atoms with van der Waals surface area (Å²) in [6.45, 7) is 1.89. The van der Waals surface area contributed by atoms with Crippen LogP contribution < -0.4 is 0 Å². The molecule has 6 nitrogen and oxygen atoms in total. The number of nitrogens with zero attached hydrogens (tertiary/aromatic N) is 3. The van der Waals surface area contributed by atoms with Gasteiger partial charge in [-0.15, -0.1) is 0 Å². The van der Waals surface area contributed by atoms with E-state index in [1.165, 1.54) is 29.5 Å². The largest absolute Gasteiger partial charge is 0.378 e. The molecule has 0 radical (unpaired) electrons. The number of aromatic nitrogens is 3. The van der Waals surface area contributed by atoms with Crippen molar-refractivity contribution in [1.29, 1.82) is 0 Å². The first-order valence-electron chi connectivity index (χ1n) is 8.95. The van der Waals surface area contributed by atoms with Gasteiger partial charge in [0.1, 0.15) is 0 Å². The molecule has 0 amide bonds. The van der Waals surface area contributed by atoms with Crippen molar-refractivity contribution in [3.63, 3.8) is 0 Å². The van der Waals surface area contributed by atoms with Gasteiger partial charge in [0.2, 0.25) is 5.95 Å².